The highest BCUT2D eigenvalue weighted by molar-refractivity contribution is 5.75. The predicted octanol–water partition coefficient (Wildman–Crippen LogP) is 3.23. The molecule has 0 spiro atoms. The number of carboxylic acid groups (broad SMARTS) is 1. The molecule has 0 aromatic heterocycles. The van der Waals surface area contributed by atoms with Crippen LogP contribution in [0.25, 0.3) is 11.1 Å². The Bertz CT molecular complexity index is 681. The molecule has 0 saturated heterocycles. The lowest BCUT2D eigenvalue weighted by Gasteiger charge is -2.13. The van der Waals surface area contributed by atoms with Gasteiger partial charge in [0.2, 0.25) is 0 Å². The number of hydrogen-bond donors (Lipinski definition) is 2. The molecule has 4 nitrogen and oxygen atoms in total. The van der Waals surface area contributed by atoms with Crippen molar-refractivity contribution in [2.45, 2.75) is 19.4 Å². The highest BCUT2D eigenvalue weighted by Gasteiger charge is 2.26. The summed E-state index contributed by atoms with van der Waals surface area (Å²) in [5.74, 6) is 0.879. The minimum atomic E-state index is -1.02. The first-order chi connectivity index (χ1) is 10.1. The van der Waals surface area contributed by atoms with Gasteiger partial charge in [0.1, 0.15) is 11.9 Å². The molecule has 0 saturated carbocycles. The van der Waals surface area contributed by atoms with Gasteiger partial charge in [0.25, 0.3) is 0 Å². The van der Waals surface area contributed by atoms with E-state index in [4.69, 9.17) is 9.84 Å². The summed E-state index contributed by atoms with van der Waals surface area (Å²) in [6, 6.07) is 14.3. The molecule has 4 heteroatoms. The summed E-state index contributed by atoms with van der Waals surface area (Å²) in [6.07, 6.45) is -0.426. The first-order valence-corrected chi connectivity index (χ1v) is 6.96. The second-order valence-electron chi connectivity index (χ2n) is 5.24. The molecular formula is C17H17NO3. The Labute approximate surface area is 123 Å². The van der Waals surface area contributed by atoms with Crippen molar-refractivity contribution in [3.05, 3.63) is 53.6 Å². The Morgan fingerprint density at radius 1 is 1.24 bits per heavy atom. The summed E-state index contributed by atoms with van der Waals surface area (Å²) < 4.78 is 5.97. The molecule has 2 N–H and O–H groups in total. The summed E-state index contributed by atoms with van der Waals surface area (Å²) >= 11 is 0. The molecule has 0 fully saturated rings. The SMILES string of the molecule is Cc1ccccc1-c1cccc2c1OC(CNC(=O)O)C2. The van der Waals surface area contributed by atoms with Crippen molar-refractivity contribution in [1.82, 2.24) is 5.32 Å². The number of fused-ring (bicyclic) bond motifs is 1. The number of ether oxygens (including phenoxy) is 1. The van der Waals surface area contributed by atoms with Crippen LogP contribution in [-0.2, 0) is 6.42 Å². The topological polar surface area (TPSA) is 58.6 Å². The molecule has 1 aliphatic heterocycles. The van der Waals surface area contributed by atoms with Crippen LogP contribution in [0.5, 0.6) is 5.75 Å². The van der Waals surface area contributed by atoms with E-state index < -0.39 is 6.09 Å². The first-order valence-electron chi connectivity index (χ1n) is 6.96. The van der Waals surface area contributed by atoms with Crippen molar-refractivity contribution < 1.29 is 14.6 Å². The highest BCUT2D eigenvalue weighted by atomic mass is 16.5. The number of nitrogens with one attached hydrogen (secondary N) is 1. The van der Waals surface area contributed by atoms with E-state index in [-0.39, 0.29) is 6.10 Å². The minimum absolute atomic E-state index is 0.138. The van der Waals surface area contributed by atoms with Gasteiger partial charge < -0.3 is 15.2 Å². The second kappa shape index (κ2) is 5.48. The Morgan fingerprint density at radius 3 is 2.76 bits per heavy atom. The molecule has 2 aromatic carbocycles. The molecule has 0 radical (unpaired) electrons. The van der Waals surface area contributed by atoms with E-state index in [1.807, 2.05) is 30.3 Å². The maximum absolute atomic E-state index is 10.6. The van der Waals surface area contributed by atoms with E-state index >= 15 is 0 Å². The van der Waals surface area contributed by atoms with Crippen molar-refractivity contribution in [2.24, 2.45) is 0 Å². The molecule has 1 aliphatic rings. The third-order valence-corrected chi connectivity index (χ3v) is 3.74. The van der Waals surface area contributed by atoms with Gasteiger partial charge in [-0.3, -0.25) is 0 Å². The van der Waals surface area contributed by atoms with E-state index in [9.17, 15) is 4.79 Å². The van der Waals surface area contributed by atoms with Gasteiger partial charge in [0, 0.05) is 12.0 Å². The average Bonchev–Trinajstić information content (AvgIpc) is 2.88. The van der Waals surface area contributed by atoms with Crippen LogP contribution in [0.3, 0.4) is 0 Å². The standard InChI is InChI=1S/C17H17NO3/c1-11-5-2-3-7-14(11)15-8-4-6-12-9-13(21-16(12)15)10-18-17(19)20/h2-8,13,18H,9-10H2,1H3,(H,19,20). The number of aryl methyl sites for hydroxylation is 1. The summed E-state index contributed by atoms with van der Waals surface area (Å²) in [5, 5.41) is 11.1. The average molecular weight is 283 g/mol. The Morgan fingerprint density at radius 2 is 2.00 bits per heavy atom. The monoisotopic (exact) mass is 283 g/mol. The summed E-state index contributed by atoms with van der Waals surface area (Å²) in [6.45, 7) is 2.38. The number of carbonyl (C=O) groups is 1. The molecule has 108 valence electrons. The molecule has 21 heavy (non-hydrogen) atoms. The Hall–Kier alpha value is -2.49. The molecule has 1 atom stereocenters. The maximum Gasteiger partial charge on any atom is 0.404 e. The van der Waals surface area contributed by atoms with Crippen LogP contribution in [0.4, 0.5) is 4.79 Å². The van der Waals surface area contributed by atoms with Gasteiger partial charge in [-0.1, -0.05) is 42.5 Å². The normalized spacial score (nSPS) is 16.1. The van der Waals surface area contributed by atoms with Crippen LogP contribution in [0, 0.1) is 6.92 Å². The number of rotatable bonds is 3. The van der Waals surface area contributed by atoms with Gasteiger partial charge in [-0.15, -0.1) is 0 Å². The van der Waals surface area contributed by atoms with E-state index in [1.165, 1.54) is 5.56 Å². The highest BCUT2D eigenvalue weighted by Crippen LogP contribution is 2.39. The molecule has 0 aliphatic carbocycles. The first kappa shape index (κ1) is 13.5. The number of para-hydroxylation sites is 1. The molecule has 1 unspecified atom stereocenters. The zero-order valence-corrected chi connectivity index (χ0v) is 11.8. The van der Waals surface area contributed by atoms with Crippen LogP contribution in [0.15, 0.2) is 42.5 Å². The van der Waals surface area contributed by atoms with Crippen molar-refractivity contribution in [3.8, 4) is 16.9 Å². The molecular weight excluding hydrogens is 266 g/mol. The number of benzene rings is 2. The lowest BCUT2D eigenvalue weighted by atomic mass is 9.97. The third-order valence-electron chi connectivity index (χ3n) is 3.74. The van der Waals surface area contributed by atoms with Crippen LogP contribution < -0.4 is 10.1 Å². The van der Waals surface area contributed by atoms with E-state index in [0.29, 0.717) is 6.54 Å². The van der Waals surface area contributed by atoms with Gasteiger partial charge in [0.05, 0.1) is 6.54 Å². The lowest BCUT2D eigenvalue weighted by molar-refractivity contribution is 0.181. The summed E-state index contributed by atoms with van der Waals surface area (Å²) in [7, 11) is 0. The summed E-state index contributed by atoms with van der Waals surface area (Å²) in [4.78, 5) is 10.6. The number of amides is 1. The minimum Gasteiger partial charge on any atom is -0.487 e. The smallest absolute Gasteiger partial charge is 0.404 e. The molecule has 1 heterocycles. The van der Waals surface area contributed by atoms with Gasteiger partial charge in [-0.25, -0.2) is 4.79 Å². The molecule has 3 rings (SSSR count). The van der Waals surface area contributed by atoms with Crippen molar-refractivity contribution in [2.75, 3.05) is 6.54 Å². The fraction of sp³-hybridized carbons (Fsp3) is 0.235. The van der Waals surface area contributed by atoms with Crippen molar-refractivity contribution in [3.63, 3.8) is 0 Å². The van der Waals surface area contributed by atoms with Crippen LogP contribution in [0.2, 0.25) is 0 Å². The molecule has 2 aromatic rings. The largest absolute Gasteiger partial charge is 0.487 e. The van der Waals surface area contributed by atoms with E-state index in [1.54, 1.807) is 0 Å². The second-order valence-corrected chi connectivity index (χ2v) is 5.24. The van der Waals surface area contributed by atoms with Gasteiger partial charge >= 0.3 is 6.09 Å². The quantitative estimate of drug-likeness (QED) is 0.909. The maximum atomic E-state index is 10.6. The van der Waals surface area contributed by atoms with Crippen LogP contribution >= 0.6 is 0 Å². The predicted molar refractivity (Wildman–Crippen MR) is 80.8 cm³/mol. The summed E-state index contributed by atoms with van der Waals surface area (Å²) in [5.41, 5.74) is 4.55. The zero-order chi connectivity index (χ0) is 14.8. The van der Waals surface area contributed by atoms with Crippen molar-refractivity contribution in [1.29, 1.82) is 0 Å². The van der Waals surface area contributed by atoms with Gasteiger partial charge in [-0.2, -0.15) is 0 Å². The third kappa shape index (κ3) is 2.70. The Kier molecular flexibility index (Phi) is 3.52. The molecule has 0 bridgehead atoms. The lowest BCUT2D eigenvalue weighted by Crippen LogP contribution is -2.33. The van der Waals surface area contributed by atoms with Crippen LogP contribution in [0.1, 0.15) is 11.1 Å². The van der Waals surface area contributed by atoms with Crippen LogP contribution in [-0.4, -0.2) is 23.8 Å². The van der Waals surface area contributed by atoms with Gasteiger partial charge in [-0.05, 0) is 23.6 Å². The Balaban J connectivity index is 1.90. The van der Waals surface area contributed by atoms with E-state index in [0.717, 1.165) is 28.9 Å². The fourth-order valence-electron chi connectivity index (χ4n) is 2.74. The van der Waals surface area contributed by atoms with Gasteiger partial charge in [0.15, 0.2) is 0 Å². The molecule has 1 amide bonds. The van der Waals surface area contributed by atoms with Crippen molar-refractivity contribution >= 4 is 6.09 Å². The zero-order valence-electron chi connectivity index (χ0n) is 11.8. The fourth-order valence-corrected chi connectivity index (χ4v) is 2.74. The number of hydrogen-bond acceptors (Lipinski definition) is 2. The van der Waals surface area contributed by atoms with E-state index in [2.05, 4.69) is 24.4 Å².